The molecule has 13 heteroatoms. The molecule has 0 aliphatic rings. The van der Waals surface area contributed by atoms with Gasteiger partial charge in [0.2, 0.25) is 0 Å². The first kappa shape index (κ1) is 61.9. The lowest BCUT2D eigenvalue weighted by atomic mass is 10.2. The molecule has 0 spiro atoms. The van der Waals surface area contributed by atoms with Crippen molar-refractivity contribution >= 4 is 68.0 Å². The van der Waals surface area contributed by atoms with Gasteiger partial charge < -0.3 is 34.5 Å². The van der Waals surface area contributed by atoms with Gasteiger partial charge in [-0.05, 0) is 200 Å². The fourth-order valence-corrected chi connectivity index (χ4v) is 12.4. The van der Waals surface area contributed by atoms with Crippen LogP contribution in [0, 0.1) is 83.1 Å². The Morgan fingerprint density at radius 3 is 1.11 bits per heavy atom. The molecule has 0 saturated carbocycles. The fraction of sp³-hybridized carbons (Fsp3) is 0.547. The second-order valence-electron chi connectivity index (χ2n) is 16.5. The third-order valence-electron chi connectivity index (χ3n) is 9.93. The number of hydrogen-bond acceptors (Lipinski definition) is 13. The summed E-state index contributed by atoms with van der Waals surface area (Å²) in [5.41, 5.74) is 8.47. The molecule has 0 aliphatic heterocycles. The van der Waals surface area contributed by atoms with E-state index in [1.54, 1.807) is 21.3 Å². The summed E-state index contributed by atoms with van der Waals surface area (Å²) in [5, 5.41) is 6.30. The summed E-state index contributed by atoms with van der Waals surface area (Å²) >= 11 is 11.2. The zero-order valence-electron chi connectivity index (χ0n) is 44.1. The minimum Gasteiger partial charge on any atom is -0.384 e. The minimum absolute atomic E-state index is 0.669. The number of nitrogens with zero attached hydrogens (tertiary/aromatic N) is 1. The van der Waals surface area contributed by atoms with Crippen molar-refractivity contribution in [3.05, 3.63) is 128 Å². The van der Waals surface area contributed by atoms with E-state index >= 15 is 0 Å². The molecule has 6 heterocycles. The number of ether oxygens (including phenoxy) is 4. The predicted octanol–water partition coefficient (Wildman–Crippen LogP) is 14.2. The monoisotopic (exact) mass is 1020 g/mol. The molecule has 0 unspecified atom stereocenters. The zero-order chi connectivity index (χ0) is 49.8. The van der Waals surface area contributed by atoms with Crippen molar-refractivity contribution < 1.29 is 18.9 Å². The van der Waals surface area contributed by atoms with Crippen LogP contribution in [-0.2, 0) is 58.1 Å². The van der Waals surface area contributed by atoms with Gasteiger partial charge in [-0.2, -0.15) is 0 Å². The van der Waals surface area contributed by atoms with Crippen LogP contribution in [0.2, 0.25) is 0 Å². The molecule has 66 heavy (non-hydrogen) atoms. The van der Waals surface area contributed by atoms with E-state index in [1.165, 1.54) is 91.9 Å². The smallest absolute Gasteiger partial charge is 0.0728 e. The van der Waals surface area contributed by atoms with Crippen LogP contribution in [0.5, 0.6) is 0 Å². The number of aryl methyl sites for hydroxylation is 12. The molecule has 7 nitrogen and oxygen atoms in total. The molecule has 372 valence electrons. The summed E-state index contributed by atoms with van der Waals surface area (Å²) in [6, 6.07) is 13.4. The Morgan fingerprint density at radius 1 is 0.409 bits per heavy atom. The number of rotatable bonds is 17. The second-order valence-corrected chi connectivity index (χ2v) is 25.2. The van der Waals surface area contributed by atoms with Crippen LogP contribution in [0.15, 0.2) is 36.4 Å². The average molecular weight is 1020 g/mol. The molecule has 6 aromatic rings. The van der Waals surface area contributed by atoms with E-state index < -0.39 is 0 Å². The Morgan fingerprint density at radius 2 is 0.773 bits per heavy atom. The van der Waals surface area contributed by atoms with Crippen LogP contribution in [0.3, 0.4) is 0 Å². The van der Waals surface area contributed by atoms with Gasteiger partial charge in [0.05, 0.1) is 33.0 Å². The SMILES string of the molecule is CNCCc1cc(C)sc1C.CNCc1cc(C)sc1C.COCCOCc1cc(C)sc1C.COCCc1cc(C)sc1C.COCc1cc(C)sc1C.Cc1cc(CN(C)C)c(C)s1. The van der Waals surface area contributed by atoms with Crippen LogP contribution >= 0.6 is 68.0 Å². The number of likely N-dealkylation sites (N-methyl/N-ethyl adjacent to an activating group) is 1. The molecule has 0 atom stereocenters. The normalized spacial score (nSPS) is 10.5. The van der Waals surface area contributed by atoms with E-state index in [1.807, 2.05) is 82.1 Å². The van der Waals surface area contributed by atoms with Gasteiger partial charge in [-0.15, -0.1) is 68.0 Å². The van der Waals surface area contributed by atoms with Crippen molar-refractivity contribution in [1.82, 2.24) is 15.5 Å². The molecule has 0 saturated heterocycles. The van der Waals surface area contributed by atoms with Gasteiger partial charge in [-0.3, -0.25) is 0 Å². The zero-order valence-corrected chi connectivity index (χ0v) is 49.0. The van der Waals surface area contributed by atoms with Crippen molar-refractivity contribution in [2.75, 3.05) is 75.9 Å². The van der Waals surface area contributed by atoms with E-state index in [0.717, 1.165) is 45.7 Å². The maximum atomic E-state index is 5.44. The van der Waals surface area contributed by atoms with Crippen LogP contribution in [-0.4, -0.2) is 80.8 Å². The molecule has 0 fully saturated rings. The second kappa shape index (κ2) is 35.1. The van der Waals surface area contributed by atoms with E-state index in [-0.39, 0.29) is 0 Å². The highest BCUT2D eigenvalue weighted by atomic mass is 32.1. The Balaban J connectivity index is 0.000000397. The van der Waals surface area contributed by atoms with Crippen molar-refractivity contribution in [3.63, 3.8) is 0 Å². The average Bonchev–Trinajstić information content (AvgIpc) is 4.08. The van der Waals surface area contributed by atoms with Crippen LogP contribution in [0.1, 0.15) is 91.9 Å². The summed E-state index contributed by atoms with van der Waals surface area (Å²) in [7, 11) is 13.3. The third-order valence-corrected chi connectivity index (χ3v) is 16.0. The van der Waals surface area contributed by atoms with Crippen molar-refractivity contribution in [3.8, 4) is 0 Å². The maximum Gasteiger partial charge on any atom is 0.0728 e. The lowest BCUT2D eigenvalue weighted by molar-refractivity contribution is 0.0616. The fourth-order valence-electron chi connectivity index (χ4n) is 6.70. The number of methoxy groups -OCH3 is 3. The Kier molecular flexibility index (Phi) is 32.9. The first-order valence-corrected chi connectivity index (χ1v) is 27.5. The molecule has 6 rings (SSSR count). The molecule has 0 aliphatic carbocycles. The molecule has 6 aromatic heterocycles. The van der Waals surface area contributed by atoms with E-state index in [0.29, 0.717) is 19.8 Å². The Bertz CT molecular complexity index is 2070. The van der Waals surface area contributed by atoms with Gasteiger partial charge in [0.15, 0.2) is 0 Å². The number of thiophene rings is 6. The van der Waals surface area contributed by atoms with Crippen molar-refractivity contribution in [2.45, 2.75) is 122 Å². The van der Waals surface area contributed by atoms with Gasteiger partial charge in [-0.25, -0.2) is 0 Å². The standard InChI is InChI=1S/C10H16O2S.2C9H15NS.C9H14OS.C8H13NS.C8H12OS/c1-8-6-10(9(2)13-8)7-12-5-4-11-3;1-7-5-9(6-10(3)4)8(2)11-7;2*1-7-6-9(4-5-10-3)8(2)11-7;2*1-6-4-8(5-9-3)7(2)10-6/h6H,4-5,7H2,1-3H3;5H,6H2,1-4H3;6,10H,4-5H2,1-3H3;6H,4-5H2,1-3H3;4,9H,5H2,1-3H3;4H,5H2,1-3H3. The molecular weight excluding hydrogens is 935 g/mol. The Labute approximate surface area is 425 Å². The summed E-state index contributed by atoms with van der Waals surface area (Å²) in [6.45, 7) is 32.6. The maximum absolute atomic E-state index is 5.44. The summed E-state index contributed by atoms with van der Waals surface area (Å²) in [4.78, 5) is 19.1. The van der Waals surface area contributed by atoms with Gasteiger partial charge in [0.1, 0.15) is 0 Å². The van der Waals surface area contributed by atoms with Crippen molar-refractivity contribution in [1.29, 1.82) is 0 Å². The van der Waals surface area contributed by atoms with Gasteiger partial charge in [-0.1, -0.05) is 0 Å². The minimum atomic E-state index is 0.669. The quantitative estimate of drug-likeness (QED) is 0.0883. The van der Waals surface area contributed by atoms with Crippen LogP contribution < -0.4 is 10.6 Å². The molecule has 0 radical (unpaired) electrons. The van der Waals surface area contributed by atoms with Crippen molar-refractivity contribution in [2.24, 2.45) is 0 Å². The van der Waals surface area contributed by atoms with E-state index in [9.17, 15) is 0 Å². The molecule has 0 amide bonds. The first-order valence-electron chi connectivity index (χ1n) is 22.6. The van der Waals surface area contributed by atoms with E-state index in [2.05, 4.69) is 149 Å². The highest BCUT2D eigenvalue weighted by Gasteiger charge is 2.05. The summed E-state index contributed by atoms with van der Waals surface area (Å²) in [6.07, 6.45) is 2.21. The lowest BCUT2D eigenvalue weighted by Crippen LogP contribution is -2.10. The lowest BCUT2D eigenvalue weighted by Gasteiger charge is -2.07. The third kappa shape index (κ3) is 26.1. The number of hydrogen-bond donors (Lipinski definition) is 2. The number of nitrogens with one attached hydrogen (secondary N) is 2. The predicted molar refractivity (Wildman–Crippen MR) is 298 cm³/mol. The topological polar surface area (TPSA) is 64.2 Å². The summed E-state index contributed by atoms with van der Waals surface area (Å²) < 4.78 is 20.4. The van der Waals surface area contributed by atoms with E-state index in [4.69, 9.17) is 18.9 Å². The first-order chi connectivity index (χ1) is 31.3. The molecule has 0 aromatic carbocycles. The molecule has 2 N–H and O–H groups in total. The Hall–Kier alpha value is -2.08. The highest BCUT2D eigenvalue weighted by molar-refractivity contribution is 7.13. The largest absolute Gasteiger partial charge is 0.384 e. The summed E-state index contributed by atoms with van der Waals surface area (Å²) in [5.74, 6) is 0. The molecular formula is C53H85N3O4S6. The van der Waals surface area contributed by atoms with Gasteiger partial charge in [0, 0.05) is 92.9 Å². The highest BCUT2D eigenvalue weighted by Crippen LogP contribution is 2.24. The molecule has 0 bridgehead atoms. The van der Waals surface area contributed by atoms with Crippen LogP contribution in [0.4, 0.5) is 0 Å². The van der Waals surface area contributed by atoms with Gasteiger partial charge >= 0.3 is 0 Å². The van der Waals surface area contributed by atoms with Crippen LogP contribution in [0.25, 0.3) is 0 Å². The van der Waals surface area contributed by atoms with Gasteiger partial charge in [0.25, 0.3) is 0 Å².